The lowest BCUT2D eigenvalue weighted by Crippen LogP contribution is -2.19. The first kappa shape index (κ1) is 16.2. The average molecular weight is 373 g/mol. The maximum absolute atomic E-state index is 11.6. The van der Waals surface area contributed by atoms with Crippen LogP contribution in [0.2, 0.25) is 0 Å². The summed E-state index contributed by atoms with van der Waals surface area (Å²) in [5.41, 5.74) is 1.13. The number of halogens is 1. The second kappa shape index (κ2) is 6.74. The van der Waals surface area contributed by atoms with Crippen molar-refractivity contribution in [3.8, 4) is 0 Å². The second-order valence-corrected chi connectivity index (χ2v) is 7.22. The van der Waals surface area contributed by atoms with E-state index in [4.69, 9.17) is 4.42 Å². The van der Waals surface area contributed by atoms with Gasteiger partial charge in [0.15, 0.2) is 0 Å². The first-order valence-electron chi connectivity index (χ1n) is 6.44. The first-order chi connectivity index (χ1) is 9.94. The summed E-state index contributed by atoms with van der Waals surface area (Å²) < 4.78 is 31.8. The molecule has 7 heteroatoms. The van der Waals surface area contributed by atoms with Crippen molar-refractivity contribution in [1.29, 1.82) is 0 Å². The summed E-state index contributed by atoms with van der Waals surface area (Å²) in [5, 5.41) is 3.23. The Labute approximate surface area is 132 Å². The van der Waals surface area contributed by atoms with Crippen LogP contribution in [0.25, 0.3) is 0 Å². The number of benzene rings is 1. The highest BCUT2D eigenvalue weighted by Gasteiger charge is 2.16. The molecule has 0 radical (unpaired) electrons. The lowest BCUT2D eigenvalue weighted by atomic mass is 10.1. The van der Waals surface area contributed by atoms with Gasteiger partial charge in [0.25, 0.3) is 10.0 Å². The van der Waals surface area contributed by atoms with Crippen LogP contribution in [0.15, 0.2) is 50.4 Å². The van der Waals surface area contributed by atoms with Crippen LogP contribution in [0.1, 0.15) is 24.3 Å². The maximum atomic E-state index is 11.6. The molecule has 0 amide bonds. The van der Waals surface area contributed by atoms with Gasteiger partial charge in [-0.25, -0.2) is 13.1 Å². The number of furan rings is 1. The van der Waals surface area contributed by atoms with Gasteiger partial charge in [0, 0.05) is 10.5 Å². The van der Waals surface area contributed by atoms with E-state index in [1.165, 1.54) is 13.1 Å². The number of rotatable bonds is 6. The summed E-state index contributed by atoms with van der Waals surface area (Å²) in [4.78, 5) is 0. The monoisotopic (exact) mass is 372 g/mol. The fourth-order valence-corrected chi connectivity index (χ4v) is 3.18. The molecule has 1 atom stereocenters. The van der Waals surface area contributed by atoms with Crippen LogP contribution in [0.5, 0.6) is 0 Å². The van der Waals surface area contributed by atoms with E-state index in [0.717, 1.165) is 10.0 Å². The van der Waals surface area contributed by atoms with E-state index >= 15 is 0 Å². The quantitative estimate of drug-likeness (QED) is 0.817. The fourth-order valence-electron chi connectivity index (χ4n) is 1.89. The van der Waals surface area contributed by atoms with Gasteiger partial charge in [-0.2, -0.15) is 0 Å². The van der Waals surface area contributed by atoms with Gasteiger partial charge < -0.3 is 9.73 Å². The summed E-state index contributed by atoms with van der Waals surface area (Å²) in [7, 11) is -2.17. The summed E-state index contributed by atoms with van der Waals surface area (Å²) in [5.74, 6) is 0.572. The Bertz CT molecular complexity index is 713. The van der Waals surface area contributed by atoms with Crippen LogP contribution in [-0.2, 0) is 16.6 Å². The van der Waals surface area contributed by atoms with E-state index in [2.05, 4.69) is 26.0 Å². The molecule has 0 bridgehead atoms. The van der Waals surface area contributed by atoms with Gasteiger partial charge in [-0.3, -0.25) is 0 Å². The molecule has 0 saturated carbocycles. The Morgan fingerprint density at radius 3 is 2.62 bits per heavy atom. The Morgan fingerprint density at radius 1 is 1.24 bits per heavy atom. The molecule has 0 aliphatic carbocycles. The van der Waals surface area contributed by atoms with Crippen LogP contribution in [0.3, 0.4) is 0 Å². The van der Waals surface area contributed by atoms with E-state index in [9.17, 15) is 8.42 Å². The molecule has 114 valence electrons. The molecule has 0 spiro atoms. The third kappa shape index (κ3) is 3.94. The third-order valence-electron chi connectivity index (χ3n) is 3.12. The Balaban J connectivity index is 2.03. The summed E-state index contributed by atoms with van der Waals surface area (Å²) >= 11 is 3.51. The van der Waals surface area contributed by atoms with E-state index in [1.54, 1.807) is 6.07 Å². The topological polar surface area (TPSA) is 71.3 Å². The number of nitrogens with one attached hydrogen (secondary N) is 2. The molecular weight excluding hydrogens is 356 g/mol. The lowest BCUT2D eigenvalue weighted by Gasteiger charge is -2.14. The molecule has 2 N–H and O–H groups in total. The molecule has 1 unspecified atom stereocenters. The smallest absolute Gasteiger partial charge is 0.273 e. The van der Waals surface area contributed by atoms with Crippen molar-refractivity contribution in [1.82, 2.24) is 10.0 Å². The van der Waals surface area contributed by atoms with Gasteiger partial charge in [-0.15, -0.1) is 0 Å². The van der Waals surface area contributed by atoms with Crippen molar-refractivity contribution < 1.29 is 12.8 Å². The third-order valence-corrected chi connectivity index (χ3v) is 5.13. The predicted molar refractivity (Wildman–Crippen MR) is 84.4 cm³/mol. The predicted octanol–water partition coefficient (Wildman–Crippen LogP) is 2.80. The average Bonchev–Trinajstić information content (AvgIpc) is 2.95. The Hall–Kier alpha value is -1.15. The van der Waals surface area contributed by atoms with Crippen LogP contribution >= 0.6 is 15.9 Å². The van der Waals surface area contributed by atoms with Crippen LogP contribution in [0.4, 0.5) is 0 Å². The molecule has 1 heterocycles. The minimum Gasteiger partial charge on any atom is -0.447 e. The summed E-state index contributed by atoms with van der Waals surface area (Å²) in [6.45, 7) is 2.48. The molecule has 2 rings (SSSR count). The van der Waals surface area contributed by atoms with Gasteiger partial charge in [0.05, 0.1) is 6.54 Å². The molecule has 1 aromatic carbocycles. The lowest BCUT2D eigenvalue weighted by molar-refractivity contribution is 0.392. The number of hydrogen-bond donors (Lipinski definition) is 2. The van der Waals surface area contributed by atoms with Crippen LogP contribution in [0, 0.1) is 0 Å². The Kier molecular flexibility index (Phi) is 5.21. The van der Waals surface area contributed by atoms with Crippen molar-refractivity contribution in [2.24, 2.45) is 0 Å². The van der Waals surface area contributed by atoms with Gasteiger partial charge in [0.2, 0.25) is 5.09 Å². The SMILES string of the molecule is CNS(=O)(=O)c1ccc(CNC(C)c2ccccc2Br)o1. The highest BCUT2D eigenvalue weighted by molar-refractivity contribution is 9.10. The highest BCUT2D eigenvalue weighted by Crippen LogP contribution is 2.23. The van der Waals surface area contributed by atoms with Crippen molar-refractivity contribution >= 4 is 26.0 Å². The zero-order chi connectivity index (χ0) is 15.5. The maximum Gasteiger partial charge on any atom is 0.273 e. The van der Waals surface area contributed by atoms with Crippen LogP contribution < -0.4 is 10.0 Å². The van der Waals surface area contributed by atoms with Gasteiger partial charge in [-0.05, 0) is 37.7 Å². The summed E-state index contributed by atoms with van der Waals surface area (Å²) in [6, 6.07) is 11.2. The van der Waals surface area contributed by atoms with Crippen molar-refractivity contribution in [3.63, 3.8) is 0 Å². The zero-order valence-electron chi connectivity index (χ0n) is 11.8. The van der Waals surface area contributed by atoms with Gasteiger partial charge in [-0.1, -0.05) is 34.1 Å². The van der Waals surface area contributed by atoms with Crippen molar-refractivity contribution in [2.45, 2.75) is 24.6 Å². The fraction of sp³-hybridized carbons (Fsp3) is 0.286. The van der Waals surface area contributed by atoms with Gasteiger partial charge in [0.1, 0.15) is 5.76 Å². The molecular formula is C14H17BrN2O3S. The molecule has 5 nitrogen and oxygen atoms in total. The minimum atomic E-state index is -3.53. The van der Waals surface area contributed by atoms with E-state index < -0.39 is 10.0 Å². The second-order valence-electron chi connectivity index (χ2n) is 4.55. The zero-order valence-corrected chi connectivity index (χ0v) is 14.2. The van der Waals surface area contributed by atoms with E-state index in [0.29, 0.717) is 12.3 Å². The van der Waals surface area contributed by atoms with Crippen LogP contribution in [-0.4, -0.2) is 15.5 Å². The summed E-state index contributed by atoms with van der Waals surface area (Å²) in [6.07, 6.45) is 0. The molecule has 0 fully saturated rings. The molecule has 0 aliphatic heterocycles. The standard InChI is InChI=1S/C14H17BrN2O3S/c1-10(12-5-3-4-6-13(12)15)17-9-11-7-8-14(20-11)21(18,19)16-2/h3-8,10,16-17H,9H2,1-2H3. The van der Waals surface area contributed by atoms with Gasteiger partial charge >= 0.3 is 0 Å². The molecule has 2 aromatic rings. The molecule has 21 heavy (non-hydrogen) atoms. The van der Waals surface area contributed by atoms with Crippen molar-refractivity contribution in [2.75, 3.05) is 7.05 Å². The normalized spacial score (nSPS) is 13.3. The first-order valence-corrected chi connectivity index (χ1v) is 8.71. The molecule has 0 aliphatic rings. The van der Waals surface area contributed by atoms with Crippen molar-refractivity contribution in [3.05, 3.63) is 52.2 Å². The van der Waals surface area contributed by atoms with E-state index in [1.807, 2.05) is 31.2 Å². The number of sulfonamides is 1. The highest BCUT2D eigenvalue weighted by atomic mass is 79.9. The number of hydrogen-bond acceptors (Lipinski definition) is 4. The largest absolute Gasteiger partial charge is 0.447 e. The molecule has 1 aromatic heterocycles. The van der Waals surface area contributed by atoms with E-state index in [-0.39, 0.29) is 11.1 Å². The minimum absolute atomic E-state index is 0.0738. The molecule has 0 saturated heterocycles. The Morgan fingerprint density at radius 2 is 1.95 bits per heavy atom.